The van der Waals surface area contributed by atoms with Gasteiger partial charge in [0.25, 0.3) is 0 Å². The Labute approximate surface area is 190 Å². The van der Waals surface area contributed by atoms with E-state index >= 15 is 0 Å². The summed E-state index contributed by atoms with van der Waals surface area (Å²) in [6.45, 7) is 7.79. The van der Waals surface area contributed by atoms with Crippen LogP contribution in [0.5, 0.6) is 0 Å². The first-order valence-corrected chi connectivity index (χ1v) is 11.3. The molecule has 0 heterocycles. The van der Waals surface area contributed by atoms with E-state index in [9.17, 15) is 17.6 Å². The van der Waals surface area contributed by atoms with E-state index in [1.165, 1.54) is 11.6 Å². The van der Waals surface area contributed by atoms with Crippen LogP contribution in [0.1, 0.15) is 55.9 Å². The van der Waals surface area contributed by atoms with Crippen LogP contribution in [-0.2, 0) is 25.7 Å². The Morgan fingerprint density at radius 2 is 1.59 bits per heavy atom. The molecule has 0 bridgehead atoms. The van der Waals surface area contributed by atoms with Gasteiger partial charge in [0.05, 0.1) is 5.56 Å². The van der Waals surface area contributed by atoms with E-state index in [0.29, 0.717) is 18.5 Å². The van der Waals surface area contributed by atoms with Crippen LogP contribution in [0.4, 0.5) is 17.6 Å². The second kappa shape index (κ2) is 11.8. The molecule has 178 valence electrons. The highest BCUT2D eigenvalue weighted by molar-refractivity contribution is 5.31. The minimum atomic E-state index is -4.60. The van der Waals surface area contributed by atoms with Crippen LogP contribution in [0.15, 0.2) is 42.5 Å². The normalized spacial score (nSPS) is 13.4. The quantitative estimate of drug-likeness (QED) is 0.347. The maximum Gasteiger partial charge on any atom is 0.416 e. The Hall–Kier alpha value is -1.92. The number of hydrogen-bond acceptors (Lipinski definition) is 2. The number of hydrogen-bond donors (Lipinski definition) is 0. The van der Waals surface area contributed by atoms with Crippen molar-refractivity contribution in [1.82, 2.24) is 9.80 Å². The second-order valence-corrected chi connectivity index (χ2v) is 9.26. The predicted octanol–water partition coefficient (Wildman–Crippen LogP) is 6.78. The zero-order chi connectivity index (χ0) is 23.9. The maximum absolute atomic E-state index is 13.7. The van der Waals surface area contributed by atoms with E-state index in [0.717, 1.165) is 37.4 Å². The van der Waals surface area contributed by atoms with Gasteiger partial charge in [-0.3, -0.25) is 4.90 Å². The topological polar surface area (TPSA) is 6.48 Å². The van der Waals surface area contributed by atoms with E-state index in [1.54, 1.807) is 0 Å². The lowest BCUT2D eigenvalue weighted by Gasteiger charge is -2.35. The molecule has 6 heteroatoms. The van der Waals surface area contributed by atoms with Gasteiger partial charge in [0.1, 0.15) is 5.82 Å². The standard InChI is InChI=1S/C26H36F4N2/c1-6-20-8-7-9-21(14-20)16-32(24(18-31(4)5)13-10-19(2)3)17-22-11-12-23(27)15-25(22)26(28,29)30/h7-9,11-12,14-15,19,24H,6,10,13,16-18H2,1-5H3. The van der Waals surface area contributed by atoms with E-state index < -0.39 is 17.6 Å². The van der Waals surface area contributed by atoms with Crippen molar-refractivity contribution in [2.24, 2.45) is 5.92 Å². The van der Waals surface area contributed by atoms with E-state index in [-0.39, 0.29) is 18.2 Å². The summed E-state index contributed by atoms with van der Waals surface area (Å²) >= 11 is 0. The van der Waals surface area contributed by atoms with Gasteiger partial charge in [-0.2, -0.15) is 13.2 Å². The largest absolute Gasteiger partial charge is 0.416 e. The highest BCUT2D eigenvalue weighted by Crippen LogP contribution is 2.34. The molecular weight excluding hydrogens is 416 g/mol. The van der Waals surface area contributed by atoms with Crippen LogP contribution in [0, 0.1) is 11.7 Å². The first kappa shape index (κ1) is 26.3. The fourth-order valence-electron chi connectivity index (χ4n) is 4.00. The number of aryl methyl sites for hydroxylation is 1. The average molecular weight is 453 g/mol. The van der Waals surface area contributed by atoms with Gasteiger partial charge in [0, 0.05) is 25.7 Å². The molecular formula is C26H36F4N2. The molecule has 2 nitrogen and oxygen atoms in total. The molecule has 2 rings (SSSR count). The van der Waals surface area contributed by atoms with Gasteiger partial charge in [-0.1, -0.05) is 51.1 Å². The Morgan fingerprint density at radius 3 is 2.19 bits per heavy atom. The predicted molar refractivity (Wildman–Crippen MR) is 123 cm³/mol. The van der Waals surface area contributed by atoms with E-state index in [2.05, 4.69) is 42.7 Å². The number of benzene rings is 2. The molecule has 0 aliphatic carbocycles. The summed E-state index contributed by atoms with van der Waals surface area (Å²) in [5.74, 6) is -0.366. The molecule has 0 saturated heterocycles. The number of likely N-dealkylation sites (N-methyl/N-ethyl adjacent to an activating group) is 1. The molecule has 1 unspecified atom stereocenters. The second-order valence-electron chi connectivity index (χ2n) is 9.26. The van der Waals surface area contributed by atoms with Crippen molar-refractivity contribution in [3.05, 3.63) is 70.5 Å². The number of halogens is 4. The minimum Gasteiger partial charge on any atom is -0.308 e. The Bertz CT molecular complexity index is 846. The lowest BCUT2D eigenvalue weighted by molar-refractivity contribution is -0.138. The Kier molecular flexibility index (Phi) is 9.71. The SMILES string of the molecule is CCc1cccc(CN(Cc2ccc(F)cc2C(F)(F)F)C(CCC(C)C)CN(C)C)c1. The molecule has 0 N–H and O–H groups in total. The van der Waals surface area contributed by atoms with Crippen LogP contribution in [0.25, 0.3) is 0 Å². The number of alkyl halides is 3. The molecule has 0 aliphatic rings. The monoisotopic (exact) mass is 452 g/mol. The minimum absolute atomic E-state index is 0.0730. The van der Waals surface area contributed by atoms with Crippen molar-refractivity contribution in [3.63, 3.8) is 0 Å². The lowest BCUT2D eigenvalue weighted by Crippen LogP contribution is -2.42. The molecule has 32 heavy (non-hydrogen) atoms. The Morgan fingerprint density at radius 1 is 0.906 bits per heavy atom. The molecule has 0 aromatic heterocycles. The van der Waals surface area contributed by atoms with Crippen LogP contribution < -0.4 is 0 Å². The third kappa shape index (κ3) is 8.21. The van der Waals surface area contributed by atoms with Gasteiger partial charge in [-0.25, -0.2) is 4.39 Å². The molecule has 0 amide bonds. The number of nitrogens with zero attached hydrogens (tertiary/aromatic N) is 2. The third-order valence-electron chi connectivity index (χ3n) is 5.71. The van der Waals surface area contributed by atoms with Gasteiger partial charge in [-0.05, 0) is 68.1 Å². The first-order valence-electron chi connectivity index (χ1n) is 11.3. The van der Waals surface area contributed by atoms with Gasteiger partial charge in [-0.15, -0.1) is 0 Å². The average Bonchev–Trinajstić information content (AvgIpc) is 2.71. The Balaban J connectivity index is 2.44. The van der Waals surface area contributed by atoms with Crippen LogP contribution in [0.3, 0.4) is 0 Å². The van der Waals surface area contributed by atoms with Gasteiger partial charge in [0.2, 0.25) is 0 Å². The zero-order valence-electron chi connectivity index (χ0n) is 19.8. The van der Waals surface area contributed by atoms with Crippen molar-refractivity contribution < 1.29 is 17.6 Å². The smallest absolute Gasteiger partial charge is 0.308 e. The molecule has 2 aromatic carbocycles. The van der Waals surface area contributed by atoms with Crippen LogP contribution >= 0.6 is 0 Å². The maximum atomic E-state index is 13.7. The lowest BCUT2D eigenvalue weighted by atomic mass is 9.99. The summed E-state index contributed by atoms with van der Waals surface area (Å²) in [7, 11) is 3.97. The molecule has 2 aromatic rings. The van der Waals surface area contributed by atoms with Crippen molar-refractivity contribution in [3.8, 4) is 0 Å². The van der Waals surface area contributed by atoms with Crippen LogP contribution in [0.2, 0.25) is 0 Å². The fourth-order valence-corrected chi connectivity index (χ4v) is 4.00. The van der Waals surface area contributed by atoms with Gasteiger partial charge in [0.15, 0.2) is 0 Å². The summed E-state index contributed by atoms with van der Waals surface area (Å²) < 4.78 is 54.7. The summed E-state index contributed by atoms with van der Waals surface area (Å²) in [4.78, 5) is 4.20. The van der Waals surface area contributed by atoms with Crippen LogP contribution in [-0.4, -0.2) is 36.5 Å². The molecule has 0 fully saturated rings. The third-order valence-corrected chi connectivity index (χ3v) is 5.71. The van der Waals surface area contributed by atoms with E-state index in [4.69, 9.17) is 0 Å². The van der Waals surface area contributed by atoms with Gasteiger partial charge >= 0.3 is 6.18 Å². The fraction of sp³-hybridized carbons (Fsp3) is 0.538. The summed E-state index contributed by atoms with van der Waals surface area (Å²) in [6.07, 6.45) is -1.83. The van der Waals surface area contributed by atoms with E-state index in [1.807, 2.05) is 26.2 Å². The zero-order valence-corrected chi connectivity index (χ0v) is 19.8. The molecule has 0 radical (unpaired) electrons. The molecule has 0 spiro atoms. The van der Waals surface area contributed by atoms with Crippen molar-refractivity contribution >= 4 is 0 Å². The summed E-state index contributed by atoms with van der Waals surface area (Å²) in [5, 5.41) is 0. The molecule has 1 atom stereocenters. The molecule has 0 saturated carbocycles. The van der Waals surface area contributed by atoms with Crippen molar-refractivity contribution in [1.29, 1.82) is 0 Å². The first-order chi connectivity index (χ1) is 15.0. The van der Waals surface area contributed by atoms with Gasteiger partial charge < -0.3 is 4.90 Å². The summed E-state index contributed by atoms with van der Waals surface area (Å²) in [5.41, 5.74) is 1.50. The summed E-state index contributed by atoms with van der Waals surface area (Å²) in [6, 6.07) is 11.3. The highest BCUT2D eigenvalue weighted by atomic mass is 19.4. The van der Waals surface area contributed by atoms with Crippen molar-refractivity contribution in [2.75, 3.05) is 20.6 Å². The molecule has 0 aliphatic heterocycles. The number of rotatable bonds is 11. The van der Waals surface area contributed by atoms with Crippen molar-refractivity contribution in [2.45, 2.75) is 65.3 Å². The highest BCUT2D eigenvalue weighted by Gasteiger charge is 2.34.